The summed E-state index contributed by atoms with van der Waals surface area (Å²) in [6, 6.07) is 17.2. The summed E-state index contributed by atoms with van der Waals surface area (Å²) in [5, 5.41) is 12.4. The Balaban J connectivity index is 2.06. The number of aliphatic hydroxyl groups excluding tert-OH is 1. The molecule has 2 N–H and O–H groups in total. The first-order chi connectivity index (χ1) is 10.2. The van der Waals surface area contributed by atoms with Gasteiger partial charge >= 0.3 is 0 Å². The van der Waals surface area contributed by atoms with E-state index in [2.05, 4.69) is 5.32 Å². The molecule has 1 amide bonds. The maximum Gasteiger partial charge on any atom is 0.251 e. The molecule has 21 heavy (non-hydrogen) atoms. The fourth-order valence-corrected chi connectivity index (χ4v) is 2.37. The minimum Gasteiger partial charge on any atom is -0.394 e. The van der Waals surface area contributed by atoms with Gasteiger partial charge in [-0.05, 0) is 30.0 Å². The first kappa shape index (κ1) is 15.3. The highest BCUT2D eigenvalue weighted by Crippen LogP contribution is 2.10. The molecule has 0 unspecified atom stereocenters. The number of nitrogens with one attached hydrogen (secondary N) is 1. The third kappa shape index (κ3) is 4.17. The van der Waals surface area contributed by atoms with Crippen LogP contribution in [0.25, 0.3) is 0 Å². The minimum atomic E-state index is -0.273. The van der Waals surface area contributed by atoms with Crippen molar-refractivity contribution in [2.75, 3.05) is 6.61 Å². The fourth-order valence-electron chi connectivity index (χ4n) is 2.37. The van der Waals surface area contributed by atoms with E-state index >= 15 is 0 Å². The molecule has 0 aliphatic carbocycles. The van der Waals surface area contributed by atoms with Gasteiger partial charge in [-0.25, -0.2) is 0 Å². The average Bonchev–Trinajstić information content (AvgIpc) is 2.55. The van der Waals surface area contributed by atoms with E-state index in [1.54, 1.807) is 0 Å². The van der Waals surface area contributed by atoms with Crippen LogP contribution in [0, 0.1) is 0 Å². The number of hydrogen-bond donors (Lipinski definition) is 2. The topological polar surface area (TPSA) is 49.3 Å². The van der Waals surface area contributed by atoms with Crippen molar-refractivity contribution >= 4 is 5.91 Å². The van der Waals surface area contributed by atoms with Gasteiger partial charge in [0.05, 0.1) is 12.6 Å². The monoisotopic (exact) mass is 283 g/mol. The SMILES string of the molecule is CCc1ccccc1C(=O)N[C@@H](CO)Cc1ccccc1. The summed E-state index contributed by atoms with van der Waals surface area (Å²) < 4.78 is 0. The highest BCUT2D eigenvalue weighted by molar-refractivity contribution is 5.95. The molecule has 2 aromatic carbocycles. The van der Waals surface area contributed by atoms with Gasteiger partial charge in [0.1, 0.15) is 0 Å². The molecule has 0 spiro atoms. The van der Waals surface area contributed by atoms with Crippen molar-refractivity contribution in [1.29, 1.82) is 0 Å². The molecule has 0 fully saturated rings. The average molecular weight is 283 g/mol. The van der Waals surface area contributed by atoms with Gasteiger partial charge in [-0.2, -0.15) is 0 Å². The lowest BCUT2D eigenvalue weighted by atomic mass is 10.0. The van der Waals surface area contributed by atoms with Gasteiger partial charge in [0, 0.05) is 5.56 Å². The summed E-state index contributed by atoms with van der Waals surface area (Å²) in [7, 11) is 0. The second kappa shape index (κ2) is 7.60. The first-order valence-electron chi connectivity index (χ1n) is 7.28. The summed E-state index contributed by atoms with van der Waals surface area (Å²) in [5.41, 5.74) is 2.80. The van der Waals surface area contributed by atoms with E-state index < -0.39 is 0 Å². The molecule has 0 aliphatic heterocycles. The zero-order chi connectivity index (χ0) is 15.1. The van der Waals surface area contributed by atoms with E-state index in [0.717, 1.165) is 17.5 Å². The molecule has 2 aromatic rings. The number of hydrogen-bond acceptors (Lipinski definition) is 2. The molecule has 0 saturated heterocycles. The third-order valence-electron chi connectivity index (χ3n) is 3.52. The molecular formula is C18H21NO2. The van der Waals surface area contributed by atoms with E-state index in [0.29, 0.717) is 12.0 Å². The Bertz CT molecular complexity index is 581. The predicted octanol–water partition coefficient (Wildman–Crippen LogP) is 2.58. The molecule has 3 heteroatoms. The quantitative estimate of drug-likeness (QED) is 0.856. The Hall–Kier alpha value is -2.13. The maximum atomic E-state index is 12.4. The van der Waals surface area contributed by atoms with Gasteiger partial charge in [0.15, 0.2) is 0 Å². The second-order valence-corrected chi connectivity index (χ2v) is 5.05. The van der Waals surface area contributed by atoms with E-state index in [-0.39, 0.29) is 18.6 Å². The van der Waals surface area contributed by atoms with E-state index in [1.807, 2.05) is 61.5 Å². The number of amides is 1. The van der Waals surface area contributed by atoms with Crippen molar-refractivity contribution in [3.8, 4) is 0 Å². The number of benzene rings is 2. The number of carbonyl (C=O) groups is 1. The van der Waals surface area contributed by atoms with E-state index in [9.17, 15) is 9.90 Å². The molecule has 2 rings (SSSR count). The van der Waals surface area contributed by atoms with Crippen LogP contribution in [0.15, 0.2) is 54.6 Å². The first-order valence-corrected chi connectivity index (χ1v) is 7.28. The van der Waals surface area contributed by atoms with Crippen molar-refractivity contribution < 1.29 is 9.90 Å². The molecule has 0 aromatic heterocycles. The van der Waals surface area contributed by atoms with Crippen molar-refractivity contribution in [3.05, 3.63) is 71.3 Å². The molecule has 0 heterocycles. The molecule has 3 nitrogen and oxygen atoms in total. The molecule has 0 saturated carbocycles. The van der Waals surface area contributed by atoms with Crippen LogP contribution >= 0.6 is 0 Å². The molecule has 0 aliphatic rings. The zero-order valence-electron chi connectivity index (χ0n) is 12.3. The van der Waals surface area contributed by atoms with Crippen LogP contribution in [-0.4, -0.2) is 23.7 Å². The van der Waals surface area contributed by atoms with Gasteiger partial charge in [-0.3, -0.25) is 4.79 Å². The zero-order valence-corrected chi connectivity index (χ0v) is 12.3. The van der Waals surface area contributed by atoms with Crippen LogP contribution in [0.3, 0.4) is 0 Å². The summed E-state index contributed by atoms with van der Waals surface area (Å²) >= 11 is 0. The van der Waals surface area contributed by atoms with Crippen molar-refractivity contribution in [3.63, 3.8) is 0 Å². The Morgan fingerprint density at radius 2 is 1.76 bits per heavy atom. The van der Waals surface area contributed by atoms with Crippen LogP contribution in [0.5, 0.6) is 0 Å². The number of carbonyl (C=O) groups excluding carboxylic acids is 1. The lowest BCUT2D eigenvalue weighted by Gasteiger charge is -2.17. The lowest BCUT2D eigenvalue weighted by molar-refractivity contribution is 0.0915. The maximum absolute atomic E-state index is 12.4. The second-order valence-electron chi connectivity index (χ2n) is 5.05. The summed E-state index contributed by atoms with van der Waals surface area (Å²) in [6.45, 7) is 1.95. The Morgan fingerprint density at radius 1 is 1.10 bits per heavy atom. The van der Waals surface area contributed by atoms with Gasteiger partial charge in [-0.15, -0.1) is 0 Å². The Morgan fingerprint density at radius 3 is 2.43 bits per heavy atom. The number of aryl methyl sites for hydroxylation is 1. The number of aliphatic hydroxyl groups is 1. The van der Waals surface area contributed by atoms with E-state index in [4.69, 9.17) is 0 Å². The Kier molecular flexibility index (Phi) is 5.52. The van der Waals surface area contributed by atoms with Crippen LogP contribution in [0.2, 0.25) is 0 Å². The van der Waals surface area contributed by atoms with Crippen LogP contribution in [-0.2, 0) is 12.8 Å². The highest BCUT2D eigenvalue weighted by atomic mass is 16.3. The van der Waals surface area contributed by atoms with Crippen molar-refractivity contribution in [2.45, 2.75) is 25.8 Å². The Labute approximate surface area is 125 Å². The molecule has 1 atom stereocenters. The standard InChI is InChI=1S/C18H21NO2/c1-2-15-10-6-7-11-17(15)18(21)19-16(13-20)12-14-8-4-3-5-9-14/h3-11,16,20H,2,12-13H2,1H3,(H,19,21)/t16-/m1/s1. The van der Waals surface area contributed by atoms with Crippen LogP contribution < -0.4 is 5.32 Å². The largest absolute Gasteiger partial charge is 0.394 e. The molecule has 110 valence electrons. The normalized spacial score (nSPS) is 11.9. The lowest BCUT2D eigenvalue weighted by Crippen LogP contribution is -2.39. The van der Waals surface area contributed by atoms with Gasteiger partial charge in [0.2, 0.25) is 0 Å². The third-order valence-corrected chi connectivity index (χ3v) is 3.52. The fraction of sp³-hybridized carbons (Fsp3) is 0.278. The van der Waals surface area contributed by atoms with Gasteiger partial charge in [-0.1, -0.05) is 55.5 Å². The highest BCUT2D eigenvalue weighted by Gasteiger charge is 2.15. The van der Waals surface area contributed by atoms with Crippen LogP contribution in [0.4, 0.5) is 0 Å². The summed E-state index contributed by atoms with van der Waals surface area (Å²) in [4.78, 5) is 12.4. The molecule has 0 bridgehead atoms. The summed E-state index contributed by atoms with van der Waals surface area (Å²) in [5.74, 6) is -0.123. The molecular weight excluding hydrogens is 262 g/mol. The minimum absolute atomic E-state index is 0.0745. The van der Waals surface area contributed by atoms with E-state index in [1.165, 1.54) is 0 Å². The smallest absolute Gasteiger partial charge is 0.251 e. The van der Waals surface area contributed by atoms with Gasteiger partial charge in [0.25, 0.3) is 5.91 Å². The predicted molar refractivity (Wildman–Crippen MR) is 84.3 cm³/mol. The summed E-state index contributed by atoms with van der Waals surface area (Å²) in [6.07, 6.45) is 1.43. The number of rotatable bonds is 6. The van der Waals surface area contributed by atoms with Gasteiger partial charge < -0.3 is 10.4 Å². The van der Waals surface area contributed by atoms with Crippen molar-refractivity contribution in [1.82, 2.24) is 5.32 Å². The van der Waals surface area contributed by atoms with Crippen LogP contribution in [0.1, 0.15) is 28.4 Å². The van der Waals surface area contributed by atoms with Crippen molar-refractivity contribution in [2.24, 2.45) is 0 Å². The molecule has 0 radical (unpaired) electrons.